The number of hydrogen-bond acceptors (Lipinski definition) is 6. The van der Waals surface area contributed by atoms with Gasteiger partial charge in [0, 0.05) is 37.1 Å². The topological polar surface area (TPSA) is 66.4 Å². The number of hydrogen-bond donors (Lipinski definition) is 0. The van der Waals surface area contributed by atoms with Crippen LogP contribution in [-0.4, -0.2) is 54.6 Å². The number of nitrogens with zero attached hydrogens (tertiary/aromatic N) is 4. The van der Waals surface area contributed by atoms with Crippen LogP contribution in [0.25, 0.3) is 21.3 Å². The highest BCUT2D eigenvalue weighted by atomic mass is 32.2. The lowest BCUT2D eigenvalue weighted by atomic mass is 10.1. The van der Waals surface area contributed by atoms with Crippen LogP contribution in [0.4, 0.5) is 5.82 Å². The van der Waals surface area contributed by atoms with E-state index in [4.69, 9.17) is 4.98 Å². The number of rotatable bonds is 4. The number of thiophene rings is 1. The minimum absolute atomic E-state index is 0.145. The fourth-order valence-electron chi connectivity index (χ4n) is 3.45. The molecular weight excluding hydrogens is 380 g/mol. The molecule has 0 saturated carbocycles. The summed E-state index contributed by atoms with van der Waals surface area (Å²) >= 11 is 1.63. The van der Waals surface area contributed by atoms with E-state index in [1.54, 1.807) is 22.6 Å². The Hall–Kier alpha value is -2.03. The number of aryl methyl sites for hydroxylation is 1. The van der Waals surface area contributed by atoms with E-state index in [1.165, 1.54) is 0 Å². The van der Waals surface area contributed by atoms with Crippen molar-refractivity contribution in [1.82, 2.24) is 14.3 Å². The predicted molar refractivity (Wildman–Crippen MR) is 111 cm³/mol. The molecule has 1 aromatic carbocycles. The molecule has 4 rings (SSSR count). The number of piperazine rings is 1. The summed E-state index contributed by atoms with van der Waals surface area (Å²) in [5.41, 5.74) is 2.28. The molecule has 1 aliphatic heterocycles. The van der Waals surface area contributed by atoms with Gasteiger partial charge in [-0.2, -0.15) is 4.31 Å². The Morgan fingerprint density at radius 3 is 2.44 bits per heavy atom. The summed E-state index contributed by atoms with van der Waals surface area (Å²) in [5.74, 6) is 1.79. The van der Waals surface area contributed by atoms with Gasteiger partial charge >= 0.3 is 0 Å². The van der Waals surface area contributed by atoms with Gasteiger partial charge in [0.25, 0.3) is 0 Å². The highest BCUT2D eigenvalue weighted by Crippen LogP contribution is 2.38. The zero-order valence-corrected chi connectivity index (χ0v) is 17.1. The summed E-state index contributed by atoms with van der Waals surface area (Å²) in [4.78, 5) is 12.5. The molecule has 1 fully saturated rings. The standard InChI is InChI=1S/C19H22N4O2S2/c1-3-27(24,25)23-11-9-22(10-12-23)18-17-16(15-7-5-4-6-8-15)13-26-19(17)21-14(2)20-18/h4-8,13H,3,9-12H2,1-2H3. The molecule has 2 aromatic heterocycles. The first-order chi connectivity index (χ1) is 13.0. The van der Waals surface area contributed by atoms with Gasteiger partial charge in [0.2, 0.25) is 10.0 Å². The molecule has 27 heavy (non-hydrogen) atoms. The predicted octanol–water partition coefficient (Wildman–Crippen LogP) is 3.14. The van der Waals surface area contributed by atoms with E-state index in [0.717, 1.165) is 33.0 Å². The highest BCUT2D eigenvalue weighted by Gasteiger charge is 2.28. The Morgan fingerprint density at radius 2 is 1.78 bits per heavy atom. The fourth-order valence-corrected chi connectivity index (χ4v) is 5.52. The molecule has 0 radical (unpaired) electrons. The van der Waals surface area contributed by atoms with E-state index in [-0.39, 0.29) is 5.75 Å². The summed E-state index contributed by atoms with van der Waals surface area (Å²) in [6.45, 7) is 5.85. The maximum Gasteiger partial charge on any atom is 0.213 e. The third-order valence-corrected chi connectivity index (χ3v) is 7.66. The van der Waals surface area contributed by atoms with Crippen LogP contribution in [0.15, 0.2) is 35.7 Å². The second kappa shape index (κ2) is 7.18. The molecular formula is C19H22N4O2S2. The van der Waals surface area contributed by atoms with Crippen molar-refractivity contribution in [2.75, 3.05) is 36.8 Å². The van der Waals surface area contributed by atoms with Gasteiger partial charge < -0.3 is 4.90 Å². The lowest BCUT2D eigenvalue weighted by molar-refractivity contribution is 0.385. The Balaban J connectivity index is 1.73. The number of aromatic nitrogens is 2. The van der Waals surface area contributed by atoms with Crippen molar-refractivity contribution in [3.05, 3.63) is 41.5 Å². The van der Waals surface area contributed by atoms with Crippen molar-refractivity contribution in [3.63, 3.8) is 0 Å². The minimum atomic E-state index is -3.14. The molecule has 3 aromatic rings. The van der Waals surface area contributed by atoms with Crippen LogP contribution in [0, 0.1) is 6.92 Å². The smallest absolute Gasteiger partial charge is 0.213 e. The Morgan fingerprint density at radius 1 is 1.07 bits per heavy atom. The second-order valence-electron chi connectivity index (χ2n) is 6.58. The average Bonchev–Trinajstić information content (AvgIpc) is 3.12. The van der Waals surface area contributed by atoms with Gasteiger partial charge in [-0.1, -0.05) is 30.3 Å². The van der Waals surface area contributed by atoms with Crippen LogP contribution in [0.3, 0.4) is 0 Å². The van der Waals surface area contributed by atoms with Crippen LogP contribution in [-0.2, 0) is 10.0 Å². The first kappa shape index (κ1) is 18.3. The zero-order valence-electron chi connectivity index (χ0n) is 15.4. The Labute approximate surface area is 163 Å². The Kier molecular flexibility index (Phi) is 4.88. The van der Waals surface area contributed by atoms with E-state index in [9.17, 15) is 8.42 Å². The molecule has 0 atom stereocenters. The molecule has 8 heteroatoms. The van der Waals surface area contributed by atoms with Crippen molar-refractivity contribution >= 4 is 37.4 Å². The molecule has 0 unspecified atom stereocenters. The molecule has 0 spiro atoms. The monoisotopic (exact) mass is 402 g/mol. The van der Waals surface area contributed by atoms with Crippen molar-refractivity contribution in [2.24, 2.45) is 0 Å². The van der Waals surface area contributed by atoms with Crippen LogP contribution >= 0.6 is 11.3 Å². The first-order valence-electron chi connectivity index (χ1n) is 9.03. The third kappa shape index (κ3) is 3.44. The summed E-state index contributed by atoms with van der Waals surface area (Å²) in [6.07, 6.45) is 0. The molecule has 0 amide bonds. The van der Waals surface area contributed by atoms with E-state index < -0.39 is 10.0 Å². The van der Waals surface area contributed by atoms with Gasteiger partial charge in [-0.3, -0.25) is 0 Å². The molecule has 1 aliphatic rings. The molecule has 3 heterocycles. The quantitative estimate of drug-likeness (QED) is 0.671. The van der Waals surface area contributed by atoms with Crippen molar-refractivity contribution < 1.29 is 8.42 Å². The molecule has 0 N–H and O–H groups in total. The molecule has 0 bridgehead atoms. The van der Waals surface area contributed by atoms with Crippen LogP contribution in [0.2, 0.25) is 0 Å². The van der Waals surface area contributed by atoms with Crippen LogP contribution in [0.5, 0.6) is 0 Å². The number of anilines is 1. The lowest BCUT2D eigenvalue weighted by Gasteiger charge is -2.35. The minimum Gasteiger partial charge on any atom is -0.353 e. The van der Waals surface area contributed by atoms with Gasteiger partial charge in [0.1, 0.15) is 16.5 Å². The van der Waals surface area contributed by atoms with Gasteiger partial charge in [-0.15, -0.1) is 11.3 Å². The van der Waals surface area contributed by atoms with E-state index >= 15 is 0 Å². The van der Waals surface area contributed by atoms with E-state index in [2.05, 4.69) is 27.4 Å². The zero-order chi connectivity index (χ0) is 19.0. The third-order valence-electron chi connectivity index (χ3n) is 4.91. The maximum atomic E-state index is 12.1. The highest BCUT2D eigenvalue weighted by molar-refractivity contribution is 7.89. The van der Waals surface area contributed by atoms with E-state index in [1.807, 2.05) is 25.1 Å². The van der Waals surface area contributed by atoms with Gasteiger partial charge in [-0.05, 0) is 19.4 Å². The summed E-state index contributed by atoms with van der Waals surface area (Å²) in [6, 6.07) is 10.3. The molecule has 142 valence electrons. The van der Waals surface area contributed by atoms with Crippen molar-refractivity contribution in [1.29, 1.82) is 0 Å². The van der Waals surface area contributed by atoms with Crippen LogP contribution in [0.1, 0.15) is 12.7 Å². The number of sulfonamides is 1. The second-order valence-corrected chi connectivity index (χ2v) is 9.69. The van der Waals surface area contributed by atoms with Gasteiger partial charge in [0.15, 0.2) is 0 Å². The number of fused-ring (bicyclic) bond motifs is 1. The fraction of sp³-hybridized carbons (Fsp3) is 0.368. The van der Waals surface area contributed by atoms with Gasteiger partial charge in [-0.25, -0.2) is 18.4 Å². The average molecular weight is 403 g/mol. The Bertz CT molecular complexity index is 1060. The normalized spacial score (nSPS) is 16.1. The number of benzene rings is 1. The first-order valence-corrected chi connectivity index (χ1v) is 11.5. The molecule has 0 aliphatic carbocycles. The lowest BCUT2D eigenvalue weighted by Crippen LogP contribution is -2.49. The molecule has 1 saturated heterocycles. The van der Waals surface area contributed by atoms with Crippen molar-refractivity contribution in [3.8, 4) is 11.1 Å². The SMILES string of the molecule is CCS(=O)(=O)N1CCN(c2nc(C)nc3scc(-c4ccccc4)c23)CC1. The van der Waals surface area contributed by atoms with Crippen molar-refractivity contribution in [2.45, 2.75) is 13.8 Å². The van der Waals surface area contributed by atoms with E-state index in [0.29, 0.717) is 26.2 Å². The summed E-state index contributed by atoms with van der Waals surface area (Å²) < 4.78 is 25.9. The molecule has 6 nitrogen and oxygen atoms in total. The van der Waals surface area contributed by atoms with Gasteiger partial charge in [0.05, 0.1) is 11.1 Å². The summed E-state index contributed by atoms with van der Waals surface area (Å²) in [7, 11) is -3.14. The largest absolute Gasteiger partial charge is 0.353 e. The summed E-state index contributed by atoms with van der Waals surface area (Å²) in [5, 5.41) is 3.19. The van der Waals surface area contributed by atoms with Crippen LogP contribution < -0.4 is 4.90 Å². The maximum absolute atomic E-state index is 12.1.